The lowest BCUT2D eigenvalue weighted by Crippen LogP contribution is -2.30. The molecule has 0 aromatic rings. The minimum absolute atomic E-state index is 0.114. The number of carbonyl (C=O) groups is 3. The van der Waals surface area contributed by atoms with Crippen molar-refractivity contribution in [1.82, 2.24) is 0 Å². The highest BCUT2D eigenvalue weighted by Crippen LogP contribution is 2.45. The van der Waals surface area contributed by atoms with Gasteiger partial charge in [-0.05, 0) is 64.2 Å². The number of carbonyl (C=O) groups excluding carboxylic acids is 3. The summed E-state index contributed by atoms with van der Waals surface area (Å²) in [5.41, 5.74) is 0. The molecule has 0 rings (SSSR count). The molecule has 0 radical (unpaired) electrons. The number of aliphatic hydroxyl groups excluding tert-OH is 2. The summed E-state index contributed by atoms with van der Waals surface area (Å²) in [6.07, 6.45) is 75.7. The fraction of sp³-hybridized carbons (Fsp3) is 0.831. The molecule has 556 valence electrons. The first-order chi connectivity index (χ1) is 46.2. The van der Waals surface area contributed by atoms with Crippen LogP contribution in [0.25, 0.3) is 0 Å². The van der Waals surface area contributed by atoms with Gasteiger partial charge in [-0.2, -0.15) is 0 Å². The molecule has 0 aliphatic heterocycles. The third-order valence-corrected chi connectivity index (χ3v) is 18.7. The number of phosphoric acid groups is 2. The van der Waals surface area contributed by atoms with E-state index in [0.717, 1.165) is 96.3 Å². The fourth-order valence-electron chi connectivity index (χ4n) is 10.9. The Labute approximate surface area is 580 Å². The average molecular weight is 1390 g/mol. The highest BCUT2D eigenvalue weighted by atomic mass is 31.2. The van der Waals surface area contributed by atoms with Crippen molar-refractivity contribution >= 4 is 33.6 Å². The van der Waals surface area contributed by atoms with Gasteiger partial charge in [0.15, 0.2) is 6.10 Å². The molecular weight excluding hydrogens is 1240 g/mol. The topological polar surface area (TPSA) is 231 Å². The quantitative estimate of drug-likeness (QED) is 0.0146. The average Bonchev–Trinajstić information content (AvgIpc) is 1.75. The van der Waals surface area contributed by atoms with E-state index in [-0.39, 0.29) is 19.3 Å². The third-order valence-electron chi connectivity index (χ3n) is 16.8. The molecule has 0 saturated carbocycles. The number of esters is 3. The molecule has 0 heterocycles. The van der Waals surface area contributed by atoms with Crippen LogP contribution in [0.2, 0.25) is 0 Å². The maximum atomic E-state index is 12.9. The summed E-state index contributed by atoms with van der Waals surface area (Å²) in [6.45, 7) is 2.63. The number of hydrogen-bond acceptors (Lipinski definition) is 14. The van der Waals surface area contributed by atoms with Gasteiger partial charge in [0.25, 0.3) is 0 Å². The molecule has 0 aromatic heterocycles. The van der Waals surface area contributed by atoms with Crippen LogP contribution in [-0.4, -0.2) is 95.9 Å². The Morgan fingerprint density at radius 3 is 0.884 bits per heavy atom. The maximum absolute atomic E-state index is 12.9. The first-order valence-electron chi connectivity index (χ1n) is 38.6. The van der Waals surface area contributed by atoms with E-state index in [2.05, 4.69) is 81.5 Å². The Balaban J connectivity index is 4.36. The number of unbranched alkanes of at least 4 members (excludes halogenated alkanes) is 41. The summed E-state index contributed by atoms with van der Waals surface area (Å²) >= 11 is 0. The first kappa shape index (κ1) is 92.2. The molecule has 0 bridgehead atoms. The van der Waals surface area contributed by atoms with Gasteiger partial charge in [-0.25, -0.2) is 9.13 Å². The molecule has 0 amide bonds. The van der Waals surface area contributed by atoms with Gasteiger partial charge in [0, 0.05) is 19.3 Å². The Bertz CT molecular complexity index is 1980. The zero-order chi connectivity index (χ0) is 69.5. The van der Waals surface area contributed by atoms with Crippen molar-refractivity contribution in [1.29, 1.82) is 0 Å². The van der Waals surface area contributed by atoms with Gasteiger partial charge in [0.05, 0.1) is 26.4 Å². The number of aliphatic hydroxyl groups is 2. The molecule has 0 spiro atoms. The lowest BCUT2D eigenvalue weighted by molar-refractivity contribution is -0.161. The summed E-state index contributed by atoms with van der Waals surface area (Å²) in [5.74, 6) is -1.55. The highest BCUT2D eigenvalue weighted by Gasteiger charge is 2.29. The van der Waals surface area contributed by atoms with Crippen molar-refractivity contribution in [3.8, 4) is 0 Å². The van der Waals surface area contributed by atoms with Crippen LogP contribution in [0.3, 0.4) is 0 Å². The zero-order valence-electron chi connectivity index (χ0n) is 60.6. The maximum Gasteiger partial charge on any atom is 0.472 e. The van der Waals surface area contributed by atoms with E-state index in [4.69, 9.17) is 32.3 Å². The lowest BCUT2D eigenvalue weighted by atomic mass is 10.0. The van der Waals surface area contributed by atoms with Crippen LogP contribution in [0, 0.1) is 0 Å². The summed E-state index contributed by atoms with van der Waals surface area (Å²) < 4.78 is 61.0. The molecule has 0 saturated heterocycles. The Hall–Kier alpha value is -2.75. The number of allylic oxidation sites excluding steroid dienone is 10. The molecule has 0 fully saturated rings. The van der Waals surface area contributed by atoms with Crippen molar-refractivity contribution in [2.45, 2.75) is 373 Å². The van der Waals surface area contributed by atoms with Gasteiger partial charge in [0.2, 0.25) is 0 Å². The molecule has 18 heteroatoms. The van der Waals surface area contributed by atoms with E-state index in [1.165, 1.54) is 199 Å². The monoisotopic (exact) mass is 1380 g/mol. The second-order valence-corrected chi connectivity index (χ2v) is 29.1. The van der Waals surface area contributed by atoms with Crippen molar-refractivity contribution < 1.29 is 75.8 Å². The molecule has 0 aromatic carbocycles. The van der Waals surface area contributed by atoms with Gasteiger partial charge < -0.3 is 34.2 Å². The molecule has 95 heavy (non-hydrogen) atoms. The van der Waals surface area contributed by atoms with E-state index < -0.39 is 91.5 Å². The Morgan fingerprint density at radius 2 is 0.558 bits per heavy atom. The predicted octanol–water partition coefficient (Wildman–Crippen LogP) is 22.1. The number of ether oxygens (including phenoxy) is 3. The standard InChI is InChI=1S/C77H142O16P2/c1-4-7-10-13-16-19-22-25-27-28-29-30-31-32-33-34-35-36-37-38-39-40-41-42-44-47-48-51-54-57-60-63-75(80)87-66-72(78)67-89-94(83,84)90-68-73(79)69-91-95(85,86)92-71-74(93-77(82)65-62-59-56-53-50-45-24-21-18-15-12-9-6-3)70-88-76(81)64-61-58-55-52-49-46-43-26-23-20-17-14-11-8-5-2/h7,10,16,19,25,27,29-30,32-33,72-74,78-79H,4-6,8-9,11-15,17-18,20-24,26,28,31,34-71H2,1-3H3,(H,83,84)(H,85,86)/b10-7-,19-16-,27-25-,30-29-,33-32-. The summed E-state index contributed by atoms with van der Waals surface area (Å²) in [7, 11) is -9.76. The van der Waals surface area contributed by atoms with Crippen molar-refractivity contribution in [3.63, 3.8) is 0 Å². The van der Waals surface area contributed by atoms with Crippen LogP contribution < -0.4 is 0 Å². The van der Waals surface area contributed by atoms with Gasteiger partial charge in [0.1, 0.15) is 25.4 Å². The largest absolute Gasteiger partial charge is 0.472 e. The van der Waals surface area contributed by atoms with Gasteiger partial charge in [-0.3, -0.25) is 32.5 Å². The second kappa shape index (κ2) is 71.1. The Morgan fingerprint density at radius 1 is 0.305 bits per heavy atom. The summed E-state index contributed by atoms with van der Waals surface area (Å²) in [5, 5.41) is 20.6. The summed E-state index contributed by atoms with van der Waals surface area (Å²) in [4.78, 5) is 58.5. The highest BCUT2D eigenvalue weighted by molar-refractivity contribution is 7.47. The van der Waals surface area contributed by atoms with Crippen molar-refractivity contribution in [3.05, 3.63) is 60.8 Å². The first-order valence-corrected chi connectivity index (χ1v) is 41.6. The van der Waals surface area contributed by atoms with Crippen LogP contribution in [0.5, 0.6) is 0 Å². The number of phosphoric ester groups is 2. The van der Waals surface area contributed by atoms with Gasteiger partial charge in [-0.1, -0.05) is 332 Å². The number of hydrogen-bond donors (Lipinski definition) is 4. The van der Waals surface area contributed by atoms with Crippen molar-refractivity contribution in [2.24, 2.45) is 0 Å². The minimum atomic E-state index is -4.91. The zero-order valence-corrected chi connectivity index (χ0v) is 62.4. The van der Waals surface area contributed by atoms with Crippen LogP contribution in [0.1, 0.15) is 355 Å². The van der Waals surface area contributed by atoms with E-state index in [0.29, 0.717) is 19.3 Å². The molecule has 0 aliphatic rings. The SMILES string of the molecule is CC/C=C\C/C=C\C/C=C\C/C=C\C/C=C\CCCCCCCCCCCCCCCCCC(=O)OCC(O)COP(=O)(O)OCC(O)COP(=O)(O)OCC(COC(=O)CCCCCCCCCCCCCCCCC)OC(=O)CCCCCCCCCCCCCCC. The van der Waals surface area contributed by atoms with Crippen LogP contribution in [0.15, 0.2) is 60.8 Å². The van der Waals surface area contributed by atoms with Crippen LogP contribution in [0.4, 0.5) is 0 Å². The smallest absolute Gasteiger partial charge is 0.463 e. The van der Waals surface area contributed by atoms with Gasteiger partial charge >= 0.3 is 33.6 Å². The third kappa shape index (κ3) is 72.3. The Kier molecular flexibility index (Phi) is 69.0. The van der Waals surface area contributed by atoms with E-state index in [1.54, 1.807) is 0 Å². The molecule has 4 N–H and O–H groups in total. The molecular formula is C77H142O16P2. The second-order valence-electron chi connectivity index (χ2n) is 26.1. The van der Waals surface area contributed by atoms with Gasteiger partial charge in [-0.15, -0.1) is 0 Å². The predicted molar refractivity (Wildman–Crippen MR) is 390 cm³/mol. The molecule has 16 nitrogen and oxygen atoms in total. The van der Waals surface area contributed by atoms with E-state index in [1.807, 2.05) is 0 Å². The minimum Gasteiger partial charge on any atom is -0.463 e. The molecule has 5 atom stereocenters. The fourth-order valence-corrected chi connectivity index (χ4v) is 12.5. The summed E-state index contributed by atoms with van der Waals surface area (Å²) in [6, 6.07) is 0. The number of rotatable bonds is 74. The van der Waals surface area contributed by atoms with E-state index >= 15 is 0 Å². The van der Waals surface area contributed by atoms with Crippen LogP contribution in [-0.2, 0) is 55.8 Å². The van der Waals surface area contributed by atoms with E-state index in [9.17, 15) is 43.5 Å². The normalized spacial score (nSPS) is 14.4. The van der Waals surface area contributed by atoms with Crippen molar-refractivity contribution in [2.75, 3.05) is 39.6 Å². The molecule has 0 aliphatic carbocycles. The lowest BCUT2D eigenvalue weighted by Gasteiger charge is -2.21. The van der Waals surface area contributed by atoms with Crippen LogP contribution >= 0.6 is 15.6 Å². The molecule has 5 unspecified atom stereocenters.